The zero-order valence-electron chi connectivity index (χ0n) is 11.4. The summed E-state index contributed by atoms with van der Waals surface area (Å²) in [6, 6.07) is 10.4. The fourth-order valence-electron chi connectivity index (χ4n) is 2.89. The van der Waals surface area contributed by atoms with Crippen LogP contribution in [0.15, 0.2) is 41.0 Å². The standard InChI is InChI=1S/C16H17BrN2O/c1-19-10-12(17)9-15(19)16(20)18-14-8-4-6-11-5-2-3-7-13(11)14/h2-3,5,7,9-10,14H,4,6,8H2,1H3,(H,18,20). The van der Waals surface area contributed by atoms with Crippen LogP contribution in [0.25, 0.3) is 0 Å². The minimum Gasteiger partial charge on any atom is -0.345 e. The molecule has 3 rings (SSSR count). The van der Waals surface area contributed by atoms with E-state index in [2.05, 4.69) is 39.4 Å². The van der Waals surface area contributed by atoms with Crippen LogP contribution in [0.4, 0.5) is 0 Å². The van der Waals surface area contributed by atoms with Crippen LogP contribution in [0.1, 0.15) is 40.5 Å². The molecule has 1 aromatic heterocycles. The van der Waals surface area contributed by atoms with Crippen molar-refractivity contribution in [3.8, 4) is 0 Å². The minimum atomic E-state index is -0.0140. The number of nitrogens with zero attached hydrogens (tertiary/aromatic N) is 1. The summed E-state index contributed by atoms with van der Waals surface area (Å²) in [7, 11) is 1.88. The topological polar surface area (TPSA) is 34.0 Å². The van der Waals surface area contributed by atoms with Crippen LogP contribution in [-0.2, 0) is 13.5 Å². The molecule has 1 aromatic carbocycles. The highest BCUT2D eigenvalue weighted by Crippen LogP contribution is 2.29. The monoisotopic (exact) mass is 332 g/mol. The van der Waals surface area contributed by atoms with Crippen LogP contribution in [0.2, 0.25) is 0 Å². The van der Waals surface area contributed by atoms with Crippen molar-refractivity contribution in [1.82, 2.24) is 9.88 Å². The second-order valence-corrected chi connectivity index (χ2v) is 6.19. The lowest BCUT2D eigenvalue weighted by molar-refractivity contribution is 0.0924. The van der Waals surface area contributed by atoms with E-state index in [1.165, 1.54) is 11.1 Å². The zero-order chi connectivity index (χ0) is 14.1. The van der Waals surface area contributed by atoms with E-state index in [0.29, 0.717) is 5.69 Å². The molecule has 1 aliphatic rings. The predicted octanol–water partition coefficient (Wildman–Crippen LogP) is 3.60. The van der Waals surface area contributed by atoms with Crippen molar-refractivity contribution in [2.75, 3.05) is 0 Å². The first-order valence-corrected chi connectivity index (χ1v) is 7.65. The Hall–Kier alpha value is -1.55. The second kappa shape index (κ2) is 5.44. The van der Waals surface area contributed by atoms with E-state index in [4.69, 9.17) is 0 Å². The van der Waals surface area contributed by atoms with Crippen LogP contribution in [-0.4, -0.2) is 10.5 Å². The molecule has 4 heteroatoms. The number of hydrogen-bond donors (Lipinski definition) is 1. The van der Waals surface area contributed by atoms with Crippen molar-refractivity contribution in [1.29, 1.82) is 0 Å². The number of nitrogens with one attached hydrogen (secondary N) is 1. The number of aryl methyl sites for hydroxylation is 2. The highest BCUT2D eigenvalue weighted by Gasteiger charge is 2.22. The molecule has 0 radical (unpaired) electrons. The number of carbonyl (C=O) groups is 1. The summed E-state index contributed by atoms with van der Waals surface area (Å²) in [5.74, 6) is -0.0140. The first kappa shape index (κ1) is 13.4. The Balaban J connectivity index is 1.82. The summed E-state index contributed by atoms with van der Waals surface area (Å²) in [5, 5.41) is 3.16. The molecule has 0 saturated heterocycles. The van der Waals surface area contributed by atoms with Gasteiger partial charge >= 0.3 is 0 Å². The van der Waals surface area contributed by atoms with Gasteiger partial charge in [-0.3, -0.25) is 4.79 Å². The fourth-order valence-corrected chi connectivity index (χ4v) is 3.41. The van der Waals surface area contributed by atoms with Gasteiger partial charge in [-0.15, -0.1) is 0 Å². The van der Waals surface area contributed by atoms with Crippen LogP contribution >= 0.6 is 15.9 Å². The molecule has 2 aromatic rings. The second-order valence-electron chi connectivity index (χ2n) is 5.27. The fraction of sp³-hybridized carbons (Fsp3) is 0.312. The minimum absolute atomic E-state index is 0.0140. The molecule has 0 saturated carbocycles. The van der Waals surface area contributed by atoms with Crippen molar-refractivity contribution in [3.05, 3.63) is 57.8 Å². The molecule has 1 N–H and O–H groups in total. The summed E-state index contributed by atoms with van der Waals surface area (Å²) in [5.41, 5.74) is 3.30. The van der Waals surface area contributed by atoms with E-state index in [9.17, 15) is 4.79 Å². The van der Waals surface area contributed by atoms with Gasteiger partial charge in [0.25, 0.3) is 5.91 Å². The lowest BCUT2D eigenvalue weighted by atomic mass is 9.88. The maximum Gasteiger partial charge on any atom is 0.268 e. The lowest BCUT2D eigenvalue weighted by Crippen LogP contribution is -2.32. The van der Waals surface area contributed by atoms with E-state index in [1.807, 2.05) is 29.9 Å². The molecule has 1 amide bonds. The average molecular weight is 333 g/mol. The molecule has 1 heterocycles. The highest BCUT2D eigenvalue weighted by molar-refractivity contribution is 9.10. The lowest BCUT2D eigenvalue weighted by Gasteiger charge is -2.26. The van der Waals surface area contributed by atoms with Crippen molar-refractivity contribution in [3.63, 3.8) is 0 Å². The largest absolute Gasteiger partial charge is 0.345 e. The highest BCUT2D eigenvalue weighted by atomic mass is 79.9. The predicted molar refractivity (Wildman–Crippen MR) is 82.7 cm³/mol. The van der Waals surface area contributed by atoms with Crippen LogP contribution in [0, 0.1) is 0 Å². The summed E-state index contributed by atoms with van der Waals surface area (Å²) >= 11 is 3.40. The summed E-state index contributed by atoms with van der Waals surface area (Å²) < 4.78 is 2.77. The van der Waals surface area contributed by atoms with Crippen molar-refractivity contribution in [2.24, 2.45) is 7.05 Å². The molecular weight excluding hydrogens is 316 g/mol. The average Bonchev–Trinajstić information content (AvgIpc) is 2.78. The van der Waals surface area contributed by atoms with Crippen molar-refractivity contribution >= 4 is 21.8 Å². The van der Waals surface area contributed by atoms with Crippen molar-refractivity contribution in [2.45, 2.75) is 25.3 Å². The van der Waals surface area contributed by atoms with Gasteiger partial charge in [0, 0.05) is 17.7 Å². The third kappa shape index (κ3) is 2.52. The molecule has 1 aliphatic carbocycles. The van der Waals surface area contributed by atoms with Gasteiger partial charge in [-0.2, -0.15) is 0 Å². The third-order valence-electron chi connectivity index (χ3n) is 3.88. The third-order valence-corrected chi connectivity index (χ3v) is 4.31. The number of halogens is 1. The van der Waals surface area contributed by atoms with Gasteiger partial charge in [0.2, 0.25) is 0 Å². The van der Waals surface area contributed by atoms with E-state index in [-0.39, 0.29) is 11.9 Å². The van der Waals surface area contributed by atoms with E-state index < -0.39 is 0 Å². The Morgan fingerprint density at radius 2 is 2.20 bits per heavy atom. The Kier molecular flexibility index (Phi) is 3.66. The molecule has 1 atom stereocenters. The van der Waals surface area contributed by atoms with Gasteiger partial charge in [-0.05, 0) is 52.4 Å². The van der Waals surface area contributed by atoms with Crippen LogP contribution in [0.5, 0.6) is 0 Å². The number of hydrogen-bond acceptors (Lipinski definition) is 1. The zero-order valence-corrected chi connectivity index (χ0v) is 13.0. The Morgan fingerprint density at radius 3 is 2.95 bits per heavy atom. The SMILES string of the molecule is Cn1cc(Br)cc1C(=O)NC1CCCc2ccccc21. The van der Waals surface area contributed by atoms with Crippen molar-refractivity contribution < 1.29 is 4.79 Å². The number of fused-ring (bicyclic) bond motifs is 1. The number of amides is 1. The molecular formula is C16H17BrN2O. The molecule has 0 fully saturated rings. The molecule has 0 spiro atoms. The molecule has 3 nitrogen and oxygen atoms in total. The van der Waals surface area contributed by atoms with Crippen LogP contribution in [0.3, 0.4) is 0 Å². The van der Waals surface area contributed by atoms with Gasteiger partial charge in [-0.1, -0.05) is 24.3 Å². The molecule has 0 aliphatic heterocycles. The van der Waals surface area contributed by atoms with Gasteiger partial charge in [0.05, 0.1) is 6.04 Å². The number of benzene rings is 1. The van der Waals surface area contributed by atoms with Crippen LogP contribution < -0.4 is 5.32 Å². The van der Waals surface area contributed by atoms with Gasteiger partial charge in [-0.25, -0.2) is 0 Å². The number of rotatable bonds is 2. The van der Waals surface area contributed by atoms with E-state index in [0.717, 1.165) is 23.7 Å². The smallest absolute Gasteiger partial charge is 0.268 e. The van der Waals surface area contributed by atoms with Gasteiger partial charge in [0.15, 0.2) is 0 Å². The Labute approximate surface area is 127 Å². The van der Waals surface area contributed by atoms with E-state index in [1.54, 1.807) is 0 Å². The molecule has 20 heavy (non-hydrogen) atoms. The summed E-state index contributed by atoms with van der Waals surface area (Å²) in [4.78, 5) is 12.4. The number of aromatic nitrogens is 1. The summed E-state index contributed by atoms with van der Waals surface area (Å²) in [6.07, 6.45) is 5.13. The normalized spacial score (nSPS) is 17.6. The van der Waals surface area contributed by atoms with Gasteiger partial charge in [0.1, 0.15) is 5.69 Å². The quantitative estimate of drug-likeness (QED) is 0.895. The molecule has 1 unspecified atom stereocenters. The Bertz CT molecular complexity index is 648. The maximum absolute atomic E-state index is 12.4. The van der Waals surface area contributed by atoms with Gasteiger partial charge < -0.3 is 9.88 Å². The summed E-state index contributed by atoms with van der Waals surface area (Å²) in [6.45, 7) is 0. The Morgan fingerprint density at radius 1 is 1.40 bits per heavy atom. The number of carbonyl (C=O) groups excluding carboxylic acids is 1. The maximum atomic E-state index is 12.4. The molecule has 104 valence electrons. The first-order valence-electron chi connectivity index (χ1n) is 6.85. The first-order chi connectivity index (χ1) is 9.65. The van der Waals surface area contributed by atoms with E-state index >= 15 is 0 Å². The molecule has 0 bridgehead atoms.